The Morgan fingerprint density at radius 2 is 2.09 bits per heavy atom. The van der Waals surface area contributed by atoms with E-state index in [1.807, 2.05) is 24.4 Å². The second kappa shape index (κ2) is 5.28. The molecule has 0 spiro atoms. The fourth-order valence-corrected chi connectivity index (χ4v) is 2.71. The molecule has 0 bridgehead atoms. The molecular formula is C18H14N2O3. The highest BCUT2D eigenvalue weighted by Gasteiger charge is 2.26. The first-order chi connectivity index (χ1) is 11.3. The lowest BCUT2D eigenvalue weighted by atomic mass is 10.1. The molecule has 0 amide bonds. The molecule has 5 heteroatoms. The van der Waals surface area contributed by atoms with E-state index < -0.39 is 5.97 Å². The highest BCUT2D eigenvalue weighted by molar-refractivity contribution is 6.12. The highest BCUT2D eigenvalue weighted by atomic mass is 16.6. The number of carbonyl (C=O) groups is 1. The number of para-hydroxylation sites is 1. The average molecular weight is 306 g/mol. The van der Waals surface area contributed by atoms with Gasteiger partial charge in [-0.25, -0.2) is 9.79 Å². The highest BCUT2D eigenvalue weighted by Crippen LogP contribution is 2.26. The van der Waals surface area contributed by atoms with Crippen molar-refractivity contribution >= 4 is 28.8 Å². The number of ether oxygens (including phenoxy) is 1. The van der Waals surface area contributed by atoms with E-state index in [1.165, 1.54) is 6.26 Å². The molecule has 0 unspecified atom stereocenters. The lowest BCUT2D eigenvalue weighted by Crippen LogP contribution is -2.04. The maximum Gasteiger partial charge on any atom is 0.363 e. The third-order valence-corrected chi connectivity index (χ3v) is 3.80. The minimum absolute atomic E-state index is 0.200. The van der Waals surface area contributed by atoms with Crippen molar-refractivity contribution in [2.45, 2.75) is 13.5 Å². The first-order valence-electron chi connectivity index (χ1n) is 7.40. The predicted octanol–water partition coefficient (Wildman–Crippen LogP) is 3.60. The van der Waals surface area contributed by atoms with Gasteiger partial charge in [-0.15, -0.1) is 0 Å². The fourth-order valence-electron chi connectivity index (χ4n) is 2.71. The van der Waals surface area contributed by atoms with Crippen molar-refractivity contribution in [2.75, 3.05) is 0 Å². The molecule has 0 N–H and O–H groups in total. The summed E-state index contributed by atoms with van der Waals surface area (Å²) in [5.74, 6) is 0.174. The number of esters is 1. The van der Waals surface area contributed by atoms with E-state index in [-0.39, 0.29) is 11.6 Å². The molecule has 1 aromatic carbocycles. The minimum Gasteiger partial charge on any atom is -0.459 e. The zero-order chi connectivity index (χ0) is 15.8. The van der Waals surface area contributed by atoms with Crippen molar-refractivity contribution in [2.24, 2.45) is 4.99 Å². The van der Waals surface area contributed by atoms with Crippen molar-refractivity contribution in [1.82, 2.24) is 4.57 Å². The lowest BCUT2D eigenvalue weighted by Gasteiger charge is -1.97. The fraction of sp³-hybridized carbons (Fsp3) is 0.111. The van der Waals surface area contributed by atoms with E-state index in [0.717, 1.165) is 23.0 Å². The minimum atomic E-state index is -0.468. The van der Waals surface area contributed by atoms with E-state index in [4.69, 9.17) is 9.15 Å². The number of rotatable bonds is 3. The molecule has 4 rings (SSSR count). The van der Waals surface area contributed by atoms with E-state index in [1.54, 1.807) is 18.2 Å². The van der Waals surface area contributed by atoms with Crippen LogP contribution in [0.4, 0.5) is 0 Å². The van der Waals surface area contributed by atoms with Gasteiger partial charge in [-0.3, -0.25) is 0 Å². The van der Waals surface area contributed by atoms with Crippen LogP contribution in [-0.4, -0.2) is 16.4 Å². The molecule has 5 nitrogen and oxygen atoms in total. The van der Waals surface area contributed by atoms with Gasteiger partial charge in [0.2, 0.25) is 0 Å². The Kier molecular flexibility index (Phi) is 3.12. The van der Waals surface area contributed by atoms with Crippen molar-refractivity contribution < 1.29 is 13.9 Å². The Labute approximate surface area is 132 Å². The van der Waals surface area contributed by atoms with Gasteiger partial charge in [-0.05, 0) is 31.2 Å². The van der Waals surface area contributed by atoms with Gasteiger partial charge in [0.1, 0.15) is 0 Å². The van der Waals surface area contributed by atoms with Crippen LogP contribution >= 0.6 is 0 Å². The Hall–Kier alpha value is -3.08. The van der Waals surface area contributed by atoms with Crippen LogP contribution in [0.3, 0.4) is 0 Å². The van der Waals surface area contributed by atoms with Crippen LogP contribution in [0.25, 0.3) is 17.0 Å². The van der Waals surface area contributed by atoms with Crippen LogP contribution in [0.5, 0.6) is 0 Å². The Morgan fingerprint density at radius 3 is 2.87 bits per heavy atom. The Morgan fingerprint density at radius 1 is 1.22 bits per heavy atom. The number of cyclic esters (lactones) is 1. The van der Waals surface area contributed by atoms with Gasteiger partial charge < -0.3 is 13.7 Å². The topological polar surface area (TPSA) is 56.7 Å². The molecule has 1 aliphatic rings. The summed E-state index contributed by atoms with van der Waals surface area (Å²) < 4.78 is 12.5. The SMILES string of the molecule is CCn1cc(/C=C2\N=C(c3ccco3)OC2=O)c2ccccc21. The second-order valence-electron chi connectivity index (χ2n) is 5.20. The predicted molar refractivity (Wildman–Crippen MR) is 86.9 cm³/mol. The molecule has 0 aliphatic carbocycles. The molecule has 23 heavy (non-hydrogen) atoms. The number of aromatic nitrogens is 1. The van der Waals surface area contributed by atoms with E-state index in [2.05, 4.69) is 22.5 Å². The van der Waals surface area contributed by atoms with Gasteiger partial charge in [0.05, 0.1) is 6.26 Å². The van der Waals surface area contributed by atoms with Crippen LogP contribution in [0, 0.1) is 0 Å². The molecule has 114 valence electrons. The standard InChI is InChI=1S/C18H14N2O3/c1-2-20-11-12(13-6-3-4-7-15(13)20)10-14-18(21)23-17(19-14)16-8-5-9-22-16/h3-11H,2H2,1H3/b14-10-. The Bertz CT molecular complexity index is 946. The summed E-state index contributed by atoms with van der Waals surface area (Å²) in [6.45, 7) is 2.94. The first-order valence-corrected chi connectivity index (χ1v) is 7.40. The number of aryl methyl sites for hydroxylation is 1. The quantitative estimate of drug-likeness (QED) is 0.549. The molecular weight excluding hydrogens is 292 g/mol. The van der Waals surface area contributed by atoms with E-state index in [9.17, 15) is 4.79 Å². The number of benzene rings is 1. The van der Waals surface area contributed by atoms with Crippen LogP contribution in [-0.2, 0) is 16.1 Å². The van der Waals surface area contributed by atoms with Crippen LogP contribution in [0.1, 0.15) is 18.2 Å². The summed E-state index contributed by atoms with van der Waals surface area (Å²) in [6.07, 6.45) is 5.29. The molecule has 0 atom stereocenters. The van der Waals surface area contributed by atoms with Gasteiger partial charge >= 0.3 is 5.97 Å². The number of hydrogen-bond donors (Lipinski definition) is 0. The molecule has 0 radical (unpaired) electrons. The van der Waals surface area contributed by atoms with Crippen LogP contribution in [0.15, 0.2) is 64.0 Å². The molecule has 3 heterocycles. The number of carbonyl (C=O) groups excluding carboxylic acids is 1. The van der Waals surface area contributed by atoms with Gasteiger partial charge in [-0.2, -0.15) is 0 Å². The lowest BCUT2D eigenvalue weighted by molar-refractivity contribution is -0.130. The smallest absolute Gasteiger partial charge is 0.363 e. The zero-order valence-electron chi connectivity index (χ0n) is 12.5. The normalized spacial score (nSPS) is 16.1. The summed E-state index contributed by atoms with van der Waals surface area (Å²) in [6, 6.07) is 11.5. The third kappa shape index (κ3) is 2.26. The molecule has 3 aromatic rings. The van der Waals surface area contributed by atoms with Gasteiger partial charge in [0.15, 0.2) is 11.5 Å². The van der Waals surface area contributed by atoms with Crippen LogP contribution in [0.2, 0.25) is 0 Å². The van der Waals surface area contributed by atoms with Gasteiger partial charge in [-0.1, -0.05) is 18.2 Å². The Balaban J connectivity index is 1.80. The van der Waals surface area contributed by atoms with Crippen molar-refractivity contribution in [3.05, 3.63) is 65.9 Å². The summed E-state index contributed by atoms with van der Waals surface area (Å²) in [5.41, 5.74) is 2.35. The monoisotopic (exact) mass is 306 g/mol. The molecule has 1 aliphatic heterocycles. The first kappa shape index (κ1) is 13.6. The summed E-state index contributed by atoms with van der Waals surface area (Å²) in [4.78, 5) is 16.3. The summed E-state index contributed by atoms with van der Waals surface area (Å²) >= 11 is 0. The van der Waals surface area contributed by atoms with Crippen molar-refractivity contribution in [3.63, 3.8) is 0 Å². The molecule has 0 saturated carbocycles. The molecule has 0 fully saturated rings. The van der Waals surface area contributed by atoms with Crippen molar-refractivity contribution in [1.29, 1.82) is 0 Å². The summed E-state index contributed by atoms with van der Waals surface area (Å²) in [5, 5.41) is 1.08. The van der Waals surface area contributed by atoms with Gasteiger partial charge in [0.25, 0.3) is 5.90 Å². The second-order valence-corrected chi connectivity index (χ2v) is 5.20. The maximum absolute atomic E-state index is 12.0. The molecule has 0 saturated heterocycles. The van der Waals surface area contributed by atoms with Gasteiger partial charge in [0, 0.05) is 29.2 Å². The third-order valence-electron chi connectivity index (χ3n) is 3.80. The number of furan rings is 1. The number of fused-ring (bicyclic) bond motifs is 1. The largest absolute Gasteiger partial charge is 0.459 e. The van der Waals surface area contributed by atoms with E-state index in [0.29, 0.717) is 5.76 Å². The van der Waals surface area contributed by atoms with E-state index >= 15 is 0 Å². The average Bonchev–Trinajstić information content (AvgIpc) is 3.28. The number of hydrogen-bond acceptors (Lipinski definition) is 4. The zero-order valence-corrected chi connectivity index (χ0v) is 12.5. The van der Waals surface area contributed by atoms with Crippen LogP contribution < -0.4 is 0 Å². The number of nitrogens with zero attached hydrogens (tertiary/aromatic N) is 2. The van der Waals surface area contributed by atoms with Crippen molar-refractivity contribution in [3.8, 4) is 0 Å². The number of aliphatic imine (C=N–C) groups is 1. The summed E-state index contributed by atoms with van der Waals surface area (Å²) in [7, 11) is 0. The molecule has 2 aromatic heterocycles. The maximum atomic E-state index is 12.0.